The lowest BCUT2D eigenvalue weighted by Gasteiger charge is -2.35. The van der Waals surface area contributed by atoms with Gasteiger partial charge in [-0.3, -0.25) is 9.59 Å². The van der Waals surface area contributed by atoms with Crippen LogP contribution in [0.5, 0.6) is 5.75 Å². The maximum Gasteiger partial charge on any atom is 0.222 e. The van der Waals surface area contributed by atoms with Crippen molar-refractivity contribution in [1.82, 2.24) is 4.90 Å². The fraction of sp³-hybridized carbons (Fsp3) is 0.556. The molecule has 0 bridgehead atoms. The maximum atomic E-state index is 12.3. The van der Waals surface area contributed by atoms with Crippen LogP contribution < -0.4 is 10.5 Å². The highest BCUT2D eigenvalue weighted by Crippen LogP contribution is 2.18. The number of benzene rings is 1. The molecule has 1 aliphatic rings. The van der Waals surface area contributed by atoms with Crippen molar-refractivity contribution in [2.24, 2.45) is 5.73 Å². The number of nitrogens with two attached hydrogens (primary N) is 1. The molecule has 0 saturated carbocycles. The number of rotatable bonds is 7. The molecule has 0 aliphatic carbocycles. The van der Waals surface area contributed by atoms with Gasteiger partial charge in [-0.25, -0.2) is 0 Å². The maximum absolute atomic E-state index is 12.3. The van der Waals surface area contributed by atoms with Crippen molar-refractivity contribution in [2.45, 2.75) is 45.1 Å². The molecule has 1 aliphatic heterocycles. The number of carbonyl (C=O) groups is 2. The second-order valence-electron chi connectivity index (χ2n) is 6.01. The van der Waals surface area contributed by atoms with Crippen molar-refractivity contribution in [3.05, 3.63) is 29.8 Å². The Labute approximate surface area is 149 Å². The van der Waals surface area contributed by atoms with Gasteiger partial charge in [0.05, 0.1) is 6.61 Å². The molecule has 1 amide bonds. The Morgan fingerprint density at radius 2 is 1.96 bits per heavy atom. The van der Waals surface area contributed by atoms with Crippen LogP contribution in [0.15, 0.2) is 24.3 Å². The normalized spacial score (nSPS) is 17.1. The first kappa shape index (κ1) is 20.5. The fourth-order valence-electron chi connectivity index (χ4n) is 2.92. The van der Waals surface area contributed by atoms with E-state index in [4.69, 9.17) is 10.5 Å². The van der Waals surface area contributed by atoms with E-state index in [1.165, 1.54) is 6.92 Å². The average Bonchev–Trinajstić information content (AvgIpc) is 2.58. The molecule has 2 N–H and O–H groups in total. The Morgan fingerprint density at radius 1 is 1.25 bits per heavy atom. The van der Waals surface area contributed by atoms with Gasteiger partial charge < -0.3 is 15.4 Å². The van der Waals surface area contributed by atoms with E-state index in [1.54, 1.807) is 24.3 Å². The van der Waals surface area contributed by atoms with E-state index in [9.17, 15) is 9.59 Å². The summed E-state index contributed by atoms with van der Waals surface area (Å²) >= 11 is 0. The lowest BCUT2D eigenvalue weighted by Crippen LogP contribution is -2.47. The zero-order chi connectivity index (χ0) is 16.7. The molecule has 1 atom stereocenters. The summed E-state index contributed by atoms with van der Waals surface area (Å²) in [5.74, 6) is 0.939. The first-order chi connectivity index (χ1) is 11.1. The number of piperidine rings is 1. The molecule has 1 saturated heterocycles. The van der Waals surface area contributed by atoms with Crippen LogP contribution in [0.3, 0.4) is 0 Å². The van der Waals surface area contributed by atoms with Crippen LogP contribution in [0.2, 0.25) is 0 Å². The summed E-state index contributed by atoms with van der Waals surface area (Å²) in [4.78, 5) is 25.4. The quantitative estimate of drug-likeness (QED) is 0.603. The van der Waals surface area contributed by atoms with Gasteiger partial charge in [-0.15, -0.1) is 12.4 Å². The average molecular weight is 355 g/mol. The fourth-order valence-corrected chi connectivity index (χ4v) is 2.92. The van der Waals surface area contributed by atoms with Crippen LogP contribution in [0.1, 0.15) is 49.4 Å². The molecule has 5 nitrogen and oxygen atoms in total. The van der Waals surface area contributed by atoms with Crippen molar-refractivity contribution in [1.29, 1.82) is 0 Å². The van der Waals surface area contributed by atoms with Crippen molar-refractivity contribution >= 4 is 24.1 Å². The van der Waals surface area contributed by atoms with Crippen LogP contribution in [-0.2, 0) is 4.79 Å². The van der Waals surface area contributed by atoms with Gasteiger partial charge in [0.25, 0.3) is 0 Å². The Kier molecular flexibility index (Phi) is 8.79. The number of amides is 1. The summed E-state index contributed by atoms with van der Waals surface area (Å²) in [6, 6.07) is 7.28. The highest BCUT2D eigenvalue weighted by atomic mass is 35.5. The van der Waals surface area contributed by atoms with E-state index in [1.807, 2.05) is 4.90 Å². The smallest absolute Gasteiger partial charge is 0.222 e. The third-order valence-electron chi connectivity index (χ3n) is 4.28. The molecule has 2 rings (SSSR count). The Morgan fingerprint density at radius 3 is 2.58 bits per heavy atom. The number of hydrogen-bond donors (Lipinski definition) is 1. The van der Waals surface area contributed by atoms with Gasteiger partial charge in [-0.2, -0.15) is 0 Å². The van der Waals surface area contributed by atoms with Crippen molar-refractivity contribution < 1.29 is 14.3 Å². The second kappa shape index (κ2) is 10.3. The van der Waals surface area contributed by atoms with E-state index < -0.39 is 0 Å². The number of nitrogens with zero attached hydrogens (tertiary/aromatic N) is 1. The first-order valence-corrected chi connectivity index (χ1v) is 8.35. The Balaban J connectivity index is 0.00000288. The molecule has 0 radical (unpaired) electrons. The summed E-state index contributed by atoms with van der Waals surface area (Å²) in [6.45, 7) is 3.40. The zero-order valence-electron chi connectivity index (χ0n) is 14.2. The van der Waals surface area contributed by atoms with Crippen molar-refractivity contribution in [3.63, 3.8) is 0 Å². The number of carbonyl (C=O) groups excluding carboxylic acids is 2. The molecule has 1 unspecified atom stereocenters. The Bertz CT molecular complexity index is 534. The number of hydrogen-bond acceptors (Lipinski definition) is 4. The van der Waals surface area contributed by atoms with E-state index in [0.717, 1.165) is 31.6 Å². The predicted molar refractivity (Wildman–Crippen MR) is 96.8 cm³/mol. The SMILES string of the molecule is CC(=O)c1ccc(OCCCC(=O)N2CCCCC2CN)cc1.Cl. The summed E-state index contributed by atoms with van der Waals surface area (Å²) in [7, 11) is 0. The minimum Gasteiger partial charge on any atom is -0.494 e. The summed E-state index contributed by atoms with van der Waals surface area (Å²) < 4.78 is 5.62. The van der Waals surface area contributed by atoms with Crippen LogP contribution in [0.25, 0.3) is 0 Å². The Hall–Kier alpha value is -1.59. The van der Waals surface area contributed by atoms with Crippen molar-refractivity contribution in [2.75, 3.05) is 19.7 Å². The molecule has 1 heterocycles. The monoisotopic (exact) mass is 354 g/mol. The molecule has 24 heavy (non-hydrogen) atoms. The molecular formula is C18H27ClN2O3. The van der Waals surface area contributed by atoms with Crippen LogP contribution in [-0.4, -0.2) is 42.3 Å². The van der Waals surface area contributed by atoms with Gasteiger partial charge in [0.2, 0.25) is 5.91 Å². The topological polar surface area (TPSA) is 72.6 Å². The van der Waals surface area contributed by atoms with Crippen LogP contribution in [0, 0.1) is 0 Å². The molecule has 6 heteroatoms. The first-order valence-electron chi connectivity index (χ1n) is 8.35. The molecule has 1 fully saturated rings. The molecular weight excluding hydrogens is 328 g/mol. The largest absolute Gasteiger partial charge is 0.494 e. The molecule has 134 valence electrons. The molecule has 1 aromatic carbocycles. The third kappa shape index (κ3) is 5.80. The molecule has 0 spiro atoms. The second-order valence-corrected chi connectivity index (χ2v) is 6.01. The minimum atomic E-state index is 0. The molecule has 1 aromatic rings. The third-order valence-corrected chi connectivity index (χ3v) is 4.28. The number of likely N-dealkylation sites (tertiary alicyclic amines) is 1. The number of halogens is 1. The van der Waals surface area contributed by atoms with E-state index in [0.29, 0.717) is 31.6 Å². The van der Waals surface area contributed by atoms with Crippen LogP contribution >= 0.6 is 12.4 Å². The summed E-state index contributed by atoms with van der Waals surface area (Å²) in [5.41, 5.74) is 6.42. The van der Waals surface area contributed by atoms with Gasteiger partial charge in [-0.05, 0) is 56.9 Å². The summed E-state index contributed by atoms with van der Waals surface area (Å²) in [6.07, 6.45) is 4.41. The van der Waals surface area contributed by atoms with Gasteiger partial charge >= 0.3 is 0 Å². The highest BCUT2D eigenvalue weighted by molar-refractivity contribution is 5.94. The lowest BCUT2D eigenvalue weighted by molar-refractivity contribution is -0.134. The van der Waals surface area contributed by atoms with Crippen molar-refractivity contribution in [3.8, 4) is 5.75 Å². The van der Waals surface area contributed by atoms with E-state index >= 15 is 0 Å². The number of ether oxygens (including phenoxy) is 1. The number of ketones is 1. The predicted octanol–water partition coefficient (Wildman–Crippen LogP) is 2.81. The lowest BCUT2D eigenvalue weighted by atomic mass is 10.0. The molecule has 0 aromatic heterocycles. The minimum absolute atomic E-state index is 0. The number of Topliss-reactive ketones (excluding diaryl/α,β-unsaturated/α-hetero) is 1. The van der Waals surface area contributed by atoms with Gasteiger partial charge in [0, 0.05) is 31.1 Å². The van der Waals surface area contributed by atoms with Gasteiger partial charge in [-0.1, -0.05) is 0 Å². The van der Waals surface area contributed by atoms with E-state index in [-0.39, 0.29) is 30.1 Å². The summed E-state index contributed by atoms with van der Waals surface area (Å²) in [5, 5.41) is 0. The van der Waals surface area contributed by atoms with Crippen LogP contribution in [0.4, 0.5) is 0 Å². The zero-order valence-corrected chi connectivity index (χ0v) is 15.0. The standard InChI is InChI=1S/C18H26N2O3.ClH/c1-14(21)15-7-9-17(10-8-15)23-12-4-6-18(22)20-11-3-2-5-16(20)13-19;/h7-10,16H,2-6,11-13,19H2,1H3;1H. The van der Waals surface area contributed by atoms with E-state index in [2.05, 4.69) is 0 Å². The van der Waals surface area contributed by atoms with Gasteiger partial charge in [0.15, 0.2) is 5.78 Å². The highest BCUT2D eigenvalue weighted by Gasteiger charge is 2.24. The van der Waals surface area contributed by atoms with Gasteiger partial charge in [0.1, 0.15) is 5.75 Å².